The van der Waals surface area contributed by atoms with Crippen LogP contribution < -0.4 is 10.1 Å². The third-order valence-electron chi connectivity index (χ3n) is 3.98. The van der Waals surface area contributed by atoms with Crippen LogP contribution in [0.3, 0.4) is 0 Å². The molecular formula is C14H21N5O. The molecule has 2 aromatic heterocycles. The van der Waals surface area contributed by atoms with E-state index in [9.17, 15) is 0 Å². The molecule has 6 nitrogen and oxygen atoms in total. The van der Waals surface area contributed by atoms with Gasteiger partial charge in [0.15, 0.2) is 0 Å². The number of hydrogen-bond donors (Lipinski definition) is 1. The second kappa shape index (κ2) is 5.28. The highest BCUT2D eigenvalue weighted by atomic mass is 16.5. The molecule has 20 heavy (non-hydrogen) atoms. The third kappa shape index (κ3) is 2.31. The molecular weight excluding hydrogens is 254 g/mol. The topological polar surface area (TPSA) is 56.9 Å². The van der Waals surface area contributed by atoms with Crippen LogP contribution >= 0.6 is 0 Å². The summed E-state index contributed by atoms with van der Waals surface area (Å²) in [6.45, 7) is 3.79. The maximum absolute atomic E-state index is 5.43. The Hall–Kier alpha value is -1.82. The number of nitrogens with one attached hydrogen (secondary N) is 1. The van der Waals surface area contributed by atoms with Crippen molar-refractivity contribution in [1.29, 1.82) is 0 Å². The van der Waals surface area contributed by atoms with Gasteiger partial charge in [0.25, 0.3) is 0 Å². The first-order valence-corrected chi connectivity index (χ1v) is 6.99. The number of imidazole rings is 1. The lowest BCUT2D eigenvalue weighted by atomic mass is 10.1. The second-order valence-corrected chi connectivity index (χ2v) is 5.31. The zero-order chi connectivity index (χ0) is 14.1. The van der Waals surface area contributed by atoms with Crippen LogP contribution in [0.15, 0.2) is 12.4 Å². The number of fused-ring (bicyclic) bond motifs is 1. The van der Waals surface area contributed by atoms with E-state index in [0.29, 0.717) is 6.04 Å². The molecule has 6 heteroatoms. The highest BCUT2D eigenvalue weighted by Crippen LogP contribution is 2.21. The van der Waals surface area contributed by atoms with Gasteiger partial charge in [-0.1, -0.05) is 0 Å². The molecule has 1 aliphatic heterocycles. The molecule has 0 amide bonds. The predicted molar refractivity (Wildman–Crippen MR) is 75.7 cm³/mol. The Bertz CT molecular complexity index is 601. The largest absolute Gasteiger partial charge is 0.481 e. The lowest BCUT2D eigenvalue weighted by molar-refractivity contribution is 0.356. The zero-order valence-corrected chi connectivity index (χ0v) is 12.3. The van der Waals surface area contributed by atoms with Gasteiger partial charge < -0.3 is 14.6 Å². The summed E-state index contributed by atoms with van der Waals surface area (Å²) < 4.78 is 9.45. The standard InChI is InChI=1S/C14H21N5O/c1-10-12(14(20-3)18(2)17-10)8-16-11-4-5-13-15-6-7-19(13)9-11/h6-7,11,16H,4-5,8-9H2,1-3H3/t11-/m0/s1. The average Bonchev–Trinajstić information content (AvgIpc) is 2.99. The summed E-state index contributed by atoms with van der Waals surface area (Å²) in [5, 5.41) is 8.03. The molecule has 0 fully saturated rings. The van der Waals surface area contributed by atoms with Crippen molar-refractivity contribution >= 4 is 0 Å². The summed E-state index contributed by atoms with van der Waals surface area (Å²) in [5.41, 5.74) is 2.17. The molecule has 108 valence electrons. The number of methoxy groups -OCH3 is 1. The first kappa shape index (κ1) is 13.2. The van der Waals surface area contributed by atoms with Crippen molar-refractivity contribution in [3.05, 3.63) is 29.5 Å². The third-order valence-corrected chi connectivity index (χ3v) is 3.98. The Kier molecular flexibility index (Phi) is 3.48. The van der Waals surface area contributed by atoms with Gasteiger partial charge in [0.05, 0.1) is 18.4 Å². The van der Waals surface area contributed by atoms with Gasteiger partial charge in [-0.2, -0.15) is 5.10 Å². The maximum Gasteiger partial charge on any atom is 0.216 e. The van der Waals surface area contributed by atoms with Crippen LogP contribution in [-0.2, 0) is 26.6 Å². The summed E-state index contributed by atoms with van der Waals surface area (Å²) in [5.74, 6) is 2.03. The fourth-order valence-corrected chi connectivity index (χ4v) is 2.92. The number of hydrogen-bond acceptors (Lipinski definition) is 4. The second-order valence-electron chi connectivity index (χ2n) is 5.31. The SMILES string of the molecule is COc1c(CN[C@H]2CCc3nccn3C2)c(C)nn1C. The average molecular weight is 275 g/mol. The molecule has 0 unspecified atom stereocenters. The molecule has 1 aliphatic rings. The minimum Gasteiger partial charge on any atom is -0.481 e. The molecule has 0 saturated heterocycles. The Labute approximate surface area is 118 Å². The predicted octanol–water partition coefficient (Wildman–Crippen LogP) is 1.04. The van der Waals surface area contributed by atoms with Crippen molar-refractivity contribution in [3.8, 4) is 5.88 Å². The summed E-state index contributed by atoms with van der Waals surface area (Å²) in [7, 11) is 3.60. The van der Waals surface area contributed by atoms with Gasteiger partial charge >= 0.3 is 0 Å². The van der Waals surface area contributed by atoms with Crippen LogP contribution in [0.2, 0.25) is 0 Å². The Balaban J connectivity index is 1.66. The number of aryl methyl sites for hydroxylation is 3. The van der Waals surface area contributed by atoms with Crippen molar-refractivity contribution in [1.82, 2.24) is 24.6 Å². The van der Waals surface area contributed by atoms with Crippen LogP contribution in [0.5, 0.6) is 5.88 Å². The molecule has 0 bridgehead atoms. The zero-order valence-electron chi connectivity index (χ0n) is 12.3. The molecule has 0 spiro atoms. The normalized spacial score (nSPS) is 18.1. The van der Waals surface area contributed by atoms with Crippen LogP contribution in [-0.4, -0.2) is 32.5 Å². The number of ether oxygens (including phenoxy) is 1. The molecule has 1 atom stereocenters. The van der Waals surface area contributed by atoms with Crippen LogP contribution in [0, 0.1) is 6.92 Å². The maximum atomic E-state index is 5.43. The van der Waals surface area contributed by atoms with E-state index in [-0.39, 0.29) is 0 Å². The molecule has 1 N–H and O–H groups in total. The summed E-state index contributed by atoms with van der Waals surface area (Å²) >= 11 is 0. The smallest absolute Gasteiger partial charge is 0.216 e. The van der Waals surface area contributed by atoms with Crippen LogP contribution in [0.25, 0.3) is 0 Å². The fraction of sp³-hybridized carbons (Fsp3) is 0.571. The van der Waals surface area contributed by atoms with Gasteiger partial charge in [0, 0.05) is 45.0 Å². The van der Waals surface area contributed by atoms with Crippen LogP contribution in [0.4, 0.5) is 0 Å². The van der Waals surface area contributed by atoms with Crippen molar-refractivity contribution in [2.24, 2.45) is 7.05 Å². The number of aromatic nitrogens is 4. The van der Waals surface area contributed by atoms with E-state index in [1.54, 1.807) is 11.8 Å². The summed E-state index contributed by atoms with van der Waals surface area (Å²) in [6, 6.07) is 0.473. The highest BCUT2D eigenvalue weighted by Gasteiger charge is 2.20. The highest BCUT2D eigenvalue weighted by molar-refractivity contribution is 5.30. The van der Waals surface area contributed by atoms with Crippen molar-refractivity contribution < 1.29 is 4.74 Å². The van der Waals surface area contributed by atoms with E-state index in [2.05, 4.69) is 26.2 Å². The molecule has 0 aromatic carbocycles. The Morgan fingerprint density at radius 3 is 3.15 bits per heavy atom. The minimum absolute atomic E-state index is 0.473. The van der Waals surface area contributed by atoms with Crippen molar-refractivity contribution in [3.63, 3.8) is 0 Å². The first-order valence-electron chi connectivity index (χ1n) is 6.99. The van der Waals surface area contributed by atoms with E-state index in [4.69, 9.17) is 4.74 Å². The van der Waals surface area contributed by atoms with Crippen LogP contribution in [0.1, 0.15) is 23.5 Å². The van der Waals surface area contributed by atoms with E-state index < -0.39 is 0 Å². The molecule has 3 heterocycles. The number of rotatable bonds is 4. The van der Waals surface area contributed by atoms with Gasteiger partial charge in [-0.25, -0.2) is 9.67 Å². The van der Waals surface area contributed by atoms with Gasteiger partial charge in [-0.15, -0.1) is 0 Å². The molecule has 2 aromatic rings. The Morgan fingerprint density at radius 1 is 1.50 bits per heavy atom. The molecule has 0 aliphatic carbocycles. The monoisotopic (exact) mass is 275 g/mol. The van der Waals surface area contributed by atoms with Gasteiger partial charge in [-0.3, -0.25) is 0 Å². The van der Waals surface area contributed by atoms with Crippen molar-refractivity contribution in [2.45, 2.75) is 38.9 Å². The number of nitrogens with zero attached hydrogens (tertiary/aromatic N) is 4. The lowest BCUT2D eigenvalue weighted by Gasteiger charge is -2.24. The summed E-state index contributed by atoms with van der Waals surface area (Å²) in [6.07, 6.45) is 6.09. The fourth-order valence-electron chi connectivity index (χ4n) is 2.92. The summed E-state index contributed by atoms with van der Waals surface area (Å²) in [4.78, 5) is 4.36. The van der Waals surface area contributed by atoms with Gasteiger partial charge in [0.1, 0.15) is 5.82 Å². The molecule has 0 saturated carbocycles. The van der Waals surface area contributed by atoms with E-state index in [1.165, 1.54) is 5.82 Å². The molecule has 0 radical (unpaired) electrons. The lowest BCUT2D eigenvalue weighted by Crippen LogP contribution is -2.37. The molecule has 3 rings (SSSR count). The van der Waals surface area contributed by atoms with E-state index in [0.717, 1.165) is 43.1 Å². The van der Waals surface area contributed by atoms with Crippen molar-refractivity contribution in [2.75, 3.05) is 7.11 Å². The van der Waals surface area contributed by atoms with E-state index in [1.807, 2.05) is 20.2 Å². The van der Waals surface area contributed by atoms with Gasteiger partial charge in [-0.05, 0) is 13.3 Å². The van der Waals surface area contributed by atoms with Gasteiger partial charge in [0.2, 0.25) is 5.88 Å². The quantitative estimate of drug-likeness (QED) is 0.906. The first-order chi connectivity index (χ1) is 9.69. The Morgan fingerprint density at radius 2 is 2.35 bits per heavy atom. The van der Waals surface area contributed by atoms with E-state index >= 15 is 0 Å². The minimum atomic E-state index is 0.473.